The van der Waals surface area contributed by atoms with Crippen LogP contribution in [0.3, 0.4) is 0 Å². The molecule has 1 fully saturated rings. The molecule has 0 saturated carbocycles. The Morgan fingerprint density at radius 3 is 2.51 bits per heavy atom. The highest BCUT2D eigenvalue weighted by Gasteiger charge is 2.22. The second-order valence-corrected chi connectivity index (χ2v) is 10.4. The first-order valence-corrected chi connectivity index (χ1v) is 13.0. The zero-order chi connectivity index (χ0) is 25.2. The molecule has 13 heteroatoms. The average Bonchev–Trinajstić information content (AvgIpc) is 3.33. The smallest absolute Gasteiger partial charge is 0.255 e. The number of sulfone groups is 1. The van der Waals surface area contributed by atoms with E-state index >= 15 is 0 Å². The minimum absolute atomic E-state index is 0.0538. The molecule has 2 aromatic heterocycles. The molecule has 1 aliphatic heterocycles. The number of nitrogens with one attached hydrogen (secondary N) is 1. The number of carbonyl (C=O) groups is 2. The van der Waals surface area contributed by atoms with Gasteiger partial charge >= 0.3 is 0 Å². The number of amides is 2. The minimum atomic E-state index is -3.55. The van der Waals surface area contributed by atoms with Gasteiger partial charge in [0.2, 0.25) is 0 Å². The molecule has 1 aliphatic rings. The Kier molecular flexibility index (Phi) is 7.15. The summed E-state index contributed by atoms with van der Waals surface area (Å²) in [6.07, 6.45) is 3.84. The Bertz CT molecular complexity index is 1350. The standard InChI is InChI=1S/C22H23ClN6O5S/c1-14(27-21(30)16-9-17(23)11-18(10-16)35(2,32)33)20-25-13-26-29(20)19-4-3-15(12-24-19)22(31)28-5-7-34-8-6-28/h3-4,9-14H,5-8H2,1-2H3,(H,27,30)/t14-/m0/s1. The Morgan fingerprint density at radius 1 is 1.11 bits per heavy atom. The van der Waals surface area contributed by atoms with Gasteiger partial charge in [0.05, 0.1) is 29.7 Å². The Balaban J connectivity index is 1.51. The van der Waals surface area contributed by atoms with E-state index in [9.17, 15) is 18.0 Å². The summed E-state index contributed by atoms with van der Waals surface area (Å²) in [5.74, 6) is 0.156. The fourth-order valence-electron chi connectivity index (χ4n) is 3.56. The lowest BCUT2D eigenvalue weighted by atomic mass is 10.2. The van der Waals surface area contributed by atoms with Crippen molar-refractivity contribution in [1.82, 2.24) is 30.0 Å². The third-order valence-corrected chi connectivity index (χ3v) is 6.69. The van der Waals surface area contributed by atoms with Crippen LogP contribution in [0.1, 0.15) is 39.5 Å². The van der Waals surface area contributed by atoms with Crippen LogP contribution in [-0.2, 0) is 14.6 Å². The molecule has 0 spiro atoms. The summed E-state index contributed by atoms with van der Waals surface area (Å²) in [4.78, 5) is 35.7. The van der Waals surface area contributed by atoms with Crippen LogP contribution in [0, 0.1) is 0 Å². The number of nitrogens with zero attached hydrogens (tertiary/aromatic N) is 5. The maximum absolute atomic E-state index is 12.8. The van der Waals surface area contributed by atoms with E-state index in [2.05, 4.69) is 20.4 Å². The van der Waals surface area contributed by atoms with Gasteiger partial charge in [-0.1, -0.05) is 11.6 Å². The number of halogens is 1. The first kappa shape index (κ1) is 24.8. The van der Waals surface area contributed by atoms with Gasteiger partial charge in [-0.25, -0.2) is 18.4 Å². The van der Waals surface area contributed by atoms with Gasteiger partial charge in [-0.2, -0.15) is 9.78 Å². The summed E-state index contributed by atoms with van der Waals surface area (Å²) in [6, 6.07) is 6.63. The van der Waals surface area contributed by atoms with Crippen LogP contribution in [0.15, 0.2) is 47.8 Å². The molecule has 35 heavy (non-hydrogen) atoms. The van der Waals surface area contributed by atoms with Crippen LogP contribution in [0.5, 0.6) is 0 Å². The van der Waals surface area contributed by atoms with E-state index in [-0.39, 0.29) is 21.4 Å². The zero-order valence-corrected chi connectivity index (χ0v) is 20.6. The number of hydrogen-bond donors (Lipinski definition) is 1. The highest BCUT2D eigenvalue weighted by molar-refractivity contribution is 7.90. The summed E-state index contributed by atoms with van der Waals surface area (Å²) in [7, 11) is -3.55. The molecule has 0 radical (unpaired) electrons. The number of benzene rings is 1. The van der Waals surface area contributed by atoms with E-state index in [0.29, 0.717) is 43.5 Å². The lowest BCUT2D eigenvalue weighted by Crippen LogP contribution is -2.40. The van der Waals surface area contributed by atoms with E-state index in [0.717, 1.165) is 6.26 Å². The van der Waals surface area contributed by atoms with E-state index in [1.54, 1.807) is 24.0 Å². The largest absolute Gasteiger partial charge is 0.378 e. The van der Waals surface area contributed by atoms with Crippen molar-refractivity contribution in [2.45, 2.75) is 17.9 Å². The molecule has 3 heterocycles. The van der Waals surface area contributed by atoms with Gasteiger partial charge in [0, 0.05) is 36.1 Å². The predicted molar refractivity (Wildman–Crippen MR) is 126 cm³/mol. The van der Waals surface area contributed by atoms with E-state index in [1.165, 1.54) is 35.4 Å². The number of carbonyl (C=O) groups excluding carboxylic acids is 2. The minimum Gasteiger partial charge on any atom is -0.378 e. The highest BCUT2D eigenvalue weighted by atomic mass is 35.5. The second kappa shape index (κ2) is 10.1. The van der Waals surface area contributed by atoms with E-state index < -0.39 is 21.8 Å². The van der Waals surface area contributed by atoms with Gasteiger partial charge in [0.25, 0.3) is 11.8 Å². The first-order chi connectivity index (χ1) is 16.6. The third kappa shape index (κ3) is 5.66. The number of hydrogen-bond acceptors (Lipinski definition) is 8. The van der Waals surface area contributed by atoms with Gasteiger partial charge in [-0.3, -0.25) is 9.59 Å². The SMILES string of the molecule is C[C@H](NC(=O)c1cc(Cl)cc(S(C)(=O)=O)c1)c1ncnn1-c1ccc(C(=O)N2CCOCC2)cn1. The molecule has 1 N–H and O–H groups in total. The quantitative estimate of drug-likeness (QED) is 0.520. The molecule has 4 rings (SSSR count). The van der Waals surface area contributed by atoms with E-state index in [1.807, 2.05) is 0 Å². The van der Waals surface area contributed by atoms with Gasteiger partial charge in [-0.15, -0.1) is 0 Å². The summed E-state index contributed by atoms with van der Waals surface area (Å²) in [6.45, 7) is 3.78. The normalized spacial score (nSPS) is 15.0. The van der Waals surface area contributed by atoms with Crippen LogP contribution in [0.2, 0.25) is 5.02 Å². The zero-order valence-electron chi connectivity index (χ0n) is 19.0. The molecule has 184 valence electrons. The molecular formula is C22H23ClN6O5S. The molecular weight excluding hydrogens is 496 g/mol. The number of morpholine rings is 1. The molecule has 2 amide bonds. The first-order valence-electron chi connectivity index (χ1n) is 10.7. The van der Waals surface area contributed by atoms with Crippen molar-refractivity contribution in [3.05, 3.63) is 64.8 Å². The van der Waals surface area contributed by atoms with Gasteiger partial charge in [0.1, 0.15) is 6.33 Å². The molecule has 1 saturated heterocycles. The molecule has 0 unspecified atom stereocenters. The maximum Gasteiger partial charge on any atom is 0.255 e. The lowest BCUT2D eigenvalue weighted by Gasteiger charge is -2.26. The summed E-state index contributed by atoms with van der Waals surface area (Å²) in [5.41, 5.74) is 0.543. The number of aromatic nitrogens is 4. The summed E-state index contributed by atoms with van der Waals surface area (Å²) >= 11 is 6.01. The van der Waals surface area contributed by atoms with Crippen LogP contribution >= 0.6 is 11.6 Å². The lowest BCUT2D eigenvalue weighted by molar-refractivity contribution is 0.0302. The Hall–Kier alpha value is -3.35. The Morgan fingerprint density at radius 2 is 1.86 bits per heavy atom. The van der Waals surface area contributed by atoms with Crippen molar-refractivity contribution in [2.24, 2.45) is 0 Å². The van der Waals surface area contributed by atoms with Crippen molar-refractivity contribution in [3.63, 3.8) is 0 Å². The van der Waals surface area contributed by atoms with Crippen molar-refractivity contribution in [1.29, 1.82) is 0 Å². The van der Waals surface area contributed by atoms with Crippen LogP contribution < -0.4 is 5.32 Å². The number of ether oxygens (including phenoxy) is 1. The molecule has 11 nitrogen and oxygen atoms in total. The molecule has 1 atom stereocenters. The van der Waals surface area contributed by atoms with Crippen molar-refractivity contribution in [3.8, 4) is 5.82 Å². The van der Waals surface area contributed by atoms with Gasteiger partial charge in [-0.05, 0) is 37.3 Å². The molecule has 3 aromatic rings. The fourth-order valence-corrected chi connectivity index (χ4v) is 4.54. The maximum atomic E-state index is 12.8. The van der Waals surface area contributed by atoms with E-state index in [4.69, 9.17) is 16.3 Å². The van der Waals surface area contributed by atoms with Crippen LogP contribution in [0.4, 0.5) is 0 Å². The van der Waals surface area contributed by atoms with Crippen molar-refractivity contribution < 1.29 is 22.7 Å². The topological polar surface area (TPSA) is 136 Å². The second-order valence-electron chi connectivity index (χ2n) is 7.98. The average molecular weight is 519 g/mol. The third-order valence-electron chi connectivity index (χ3n) is 5.38. The molecule has 1 aromatic carbocycles. The van der Waals surface area contributed by atoms with Crippen molar-refractivity contribution >= 4 is 33.3 Å². The number of rotatable bonds is 6. The summed E-state index contributed by atoms with van der Waals surface area (Å²) in [5, 5.41) is 7.09. The van der Waals surface area contributed by atoms with Crippen molar-refractivity contribution in [2.75, 3.05) is 32.6 Å². The summed E-state index contributed by atoms with van der Waals surface area (Å²) < 4.78 is 30.5. The van der Waals surface area contributed by atoms with Gasteiger partial charge < -0.3 is 15.0 Å². The number of pyridine rings is 1. The molecule has 0 aliphatic carbocycles. The monoisotopic (exact) mass is 518 g/mol. The predicted octanol–water partition coefficient (Wildman–Crippen LogP) is 1.68. The highest BCUT2D eigenvalue weighted by Crippen LogP contribution is 2.21. The Labute approximate surface area is 207 Å². The van der Waals surface area contributed by atoms with Crippen LogP contribution in [0.25, 0.3) is 5.82 Å². The van der Waals surface area contributed by atoms with Gasteiger partial charge in [0.15, 0.2) is 21.5 Å². The molecule has 0 bridgehead atoms. The van der Waals surface area contributed by atoms with Crippen LogP contribution in [-0.4, -0.2) is 77.4 Å². The fraction of sp³-hybridized carbons (Fsp3) is 0.318.